The summed E-state index contributed by atoms with van der Waals surface area (Å²) in [5.74, 6) is -0.763. The summed E-state index contributed by atoms with van der Waals surface area (Å²) in [6, 6.07) is 6.11. The molecule has 0 fully saturated rings. The monoisotopic (exact) mass is 328 g/mol. The summed E-state index contributed by atoms with van der Waals surface area (Å²) >= 11 is 5.76. The standard InChI is InChI=1S/C14H18ClN3O4/c1-9(13(20)17-14(21)22-3)18(2)8-12(19)16-11-6-4-10(15)5-7-11/h4-7,9H,8H2,1-3H3,(H,16,19)(H,17,20,21)/p+1/t9-/m1/s1. The number of benzene rings is 1. The number of carbonyl (C=O) groups is 3. The van der Waals surface area contributed by atoms with Crippen molar-refractivity contribution >= 4 is 35.2 Å². The van der Waals surface area contributed by atoms with Gasteiger partial charge in [-0.15, -0.1) is 0 Å². The summed E-state index contributed by atoms with van der Waals surface area (Å²) in [4.78, 5) is 35.3. The molecular weight excluding hydrogens is 310 g/mol. The van der Waals surface area contributed by atoms with Crippen LogP contribution in [0.3, 0.4) is 0 Å². The SMILES string of the molecule is COC(=O)NC(=O)[C@@H](C)[NH+](C)CC(=O)Nc1ccc(Cl)cc1. The number of anilines is 1. The van der Waals surface area contributed by atoms with Crippen LogP contribution in [0.4, 0.5) is 10.5 Å². The number of halogens is 1. The van der Waals surface area contributed by atoms with Crippen molar-refractivity contribution in [1.82, 2.24) is 5.32 Å². The van der Waals surface area contributed by atoms with E-state index in [1.807, 2.05) is 0 Å². The molecule has 0 saturated heterocycles. The van der Waals surface area contributed by atoms with E-state index in [4.69, 9.17) is 11.6 Å². The highest BCUT2D eigenvalue weighted by atomic mass is 35.5. The van der Waals surface area contributed by atoms with E-state index in [0.29, 0.717) is 15.6 Å². The molecule has 0 heterocycles. The first kappa shape index (κ1) is 17.9. The number of carbonyl (C=O) groups excluding carboxylic acids is 3. The van der Waals surface area contributed by atoms with Gasteiger partial charge in [0.15, 0.2) is 12.6 Å². The maximum absolute atomic E-state index is 11.9. The minimum Gasteiger partial charge on any atom is -0.453 e. The van der Waals surface area contributed by atoms with Gasteiger partial charge >= 0.3 is 6.09 Å². The molecule has 1 aromatic carbocycles. The maximum atomic E-state index is 11.9. The van der Waals surface area contributed by atoms with E-state index < -0.39 is 18.0 Å². The van der Waals surface area contributed by atoms with Crippen LogP contribution in [0.25, 0.3) is 0 Å². The second-order valence-corrected chi connectivity index (χ2v) is 5.22. The fourth-order valence-corrected chi connectivity index (χ4v) is 1.75. The lowest BCUT2D eigenvalue weighted by molar-refractivity contribution is -0.885. The third-order valence-corrected chi connectivity index (χ3v) is 3.36. The molecule has 1 rings (SSSR count). The molecule has 0 aromatic heterocycles. The Morgan fingerprint density at radius 2 is 1.86 bits per heavy atom. The van der Waals surface area contributed by atoms with E-state index in [1.165, 1.54) is 7.11 Å². The maximum Gasteiger partial charge on any atom is 0.413 e. The number of rotatable bonds is 5. The van der Waals surface area contributed by atoms with E-state index in [-0.39, 0.29) is 12.5 Å². The average Bonchev–Trinajstić information content (AvgIpc) is 2.48. The number of likely N-dealkylation sites (N-methyl/N-ethyl adjacent to an activating group) is 1. The number of alkyl carbamates (subject to hydrolysis) is 1. The van der Waals surface area contributed by atoms with Gasteiger partial charge in [-0.1, -0.05) is 11.6 Å². The number of ether oxygens (including phenoxy) is 1. The van der Waals surface area contributed by atoms with Gasteiger partial charge in [0.2, 0.25) is 0 Å². The molecule has 0 saturated carbocycles. The summed E-state index contributed by atoms with van der Waals surface area (Å²) < 4.78 is 4.35. The number of imide groups is 1. The Morgan fingerprint density at radius 3 is 2.41 bits per heavy atom. The van der Waals surface area contributed by atoms with Crippen LogP contribution in [0.2, 0.25) is 5.02 Å². The molecule has 0 spiro atoms. The molecule has 0 radical (unpaired) electrons. The Morgan fingerprint density at radius 1 is 1.27 bits per heavy atom. The van der Waals surface area contributed by atoms with Gasteiger partial charge in [0, 0.05) is 10.7 Å². The molecule has 2 atom stereocenters. The fourth-order valence-electron chi connectivity index (χ4n) is 1.63. The normalized spacial score (nSPS) is 12.9. The number of hydrogen-bond acceptors (Lipinski definition) is 4. The number of methoxy groups -OCH3 is 1. The number of nitrogens with one attached hydrogen (secondary N) is 3. The van der Waals surface area contributed by atoms with Crippen LogP contribution < -0.4 is 15.5 Å². The van der Waals surface area contributed by atoms with Gasteiger partial charge in [-0.2, -0.15) is 0 Å². The summed E-state index contributed by atoms with van der Waals surface area (Å²) in [6.45, 7) is 1.68. The minimum atomic E-state index is -0.824. The highest BCUT2D eigenvalue weighted by molar-refractivity contribution is 6.30. The van der Waals surface area contributed by atoms with Crippen LogP contribution in [-0.2, 0) is 14.3 Å². The third-order valence-electron chi connectivity index (χ3n) is 3.11. The summed E-state index contributed by atoms with van der Waals surface area (Å²) in [6.07, 6.45) is -0.824. The van der Waals surface area contributed by atoms with Crippen LogP contribution in [0.1, 0.15) is 6.92 Å². The third kappa shape index (κ3) is 5.71. The van der Waals surface area contributed by atoms with Gasteiger partial charge in [0.05, 0.1) is 14.2 Å². The molecule has 120 valence electrons. The number of amides is 3. The van der Waals surface area contributed by atoms with Crippen molar-refractivity contribution in [2.75, 3.05) is 26.0 Å². The largest absolute Gasteiger partial charge is 0.453 e. The van der Waals surface area contributed by atoms with Gasteiger partial charge in [-0.05, 0) is 31.2 Å². The van der Waals surface area contributed by atoms with Gasteiger partial charge in [0.25, 0.3) is 11.8 Å². The fraction of sp³-hybridized carbons (Fsp3) is 0.357. The van der Waals surface area contributed by atoms with Crippen LogP contribution in [0.5, 0.6) is 0 Å². The zero-order valence-electron chi connectivity index (χ0n) is 12.6. The van der Waals surface area contributed by atoms with E-state index in [0.717, 1.165) is 0 Å². The molecule has 3 amide bonds. The Balaban J connectivity index is 2.50. The predicted molar refractivity (Wildman–Crippen MR) is 81.8 cm³/mol. The van der Waals surface area contributed by atoms with Gasteiger partial charge in [-0.3, -0.25) is 14.9 Å². The van der Waals surface area contributed by atoms with Crippen molar-refractivity contribution in [2.24, 2.45) is 0 Å². The summed E-state index contributed by atoms with van der Waals surface area (Å²) in [5, 5.41) is 5.35. The van der Waals surface area contributed by atoms with Crippen molar-refractivity contribution in [3.63, 3.8) is 0 Å². The van der Waals surface area contributed by atoms with Crippen LogP contribution >= 0.6 is 11.6 Å². The topological polar surface area (TPSA) is 88.9 Å². The minimum absolute atomic E-state index is 0.0678. The van der Waals surface area contributed by atoms with Crippen molar-refractivity contribution < 1.29 is 24.0 Å². The van der Waals surface area contributed by atoms with E-state index in [9.17, 15) is 14.4 Å². The molecule has 1 aromatic rings. The van der Waals surface area contributed by atoms with Gasteiger partial charge in [0.1, 0.15) is 0 Å². The molecule has 1 unspecified atom stereocenters. The quantitative estimate of drug-likeness (QED) is 0.713. The Labute approximate surface area is 133 Å². The van der Waals surface area contributed by atoms with Crippen molar-refractivity contribution in [2.45, 2.75) is 13.0 Å². The summed E-state index contributed by atoms with van der Waals surface area (Å²) in [7, 11) is 2.85. The smallest absolute Gasteiger partial charge is 0.413 e. The number of hydrogen-bond donors (Lipinski definition) is 3. The lowest BCUT2D eigenvalue weighted by atomic mass is 10.2. The predicted octanol–water partition coefficient (Wildman–Crippen LogP) is 0.0643. The van der Waals surface area contributed by atoms with Gasteiger partial charge in [-0.25, -0.2) is 4.79 Å². The molecule has 0 aliphatic rings. The molecule has 0 bridgehead atoms. The molecule has 0 aliphatic carbocycles. The Hall–Kier alpha value is -2.12. The summed E-state index contributed by atoms with van der Waals surface area (Å²) in [5.41, 5.74) is 0.619. The Bertz CT molecular complexity index is 548. The van der Waals surface area contributed by atoms with E-state index >= 15 is 0 Å². The highest BCUT2D eigenvalue weighted by Gasteiger charge is 2.25. The zero-order chi connectivity index (χ0) is 16.7. The molecule has 3 N–H and O–H groups in total. The van der Waals surface area contributed by atoms with Gasteiger partial charge < -0.3 is 15.0 Å². The van der Waals surface area contributed by atoms with E-state index in [2.05, 4.69) is 15.4 Å². The molecule has 0 aliphatic heterocycles. The second-order valence-electron chi connectivity index (χ2n) is 4.78. The lowest BCUT2D eigenvalue weighted by Crippen LogP contribution is -3.15. The first-order chi connectivity index (χ1) is 10.3. The second kappa shape index (κ2) is 8.35. The number of quaternary nitrogens is 1. The molecule has 22 heavy (non-hydrogen) atoms. The Kier molecular flexibility index (Phi) is 6.81. The van der Waals surface area contributed by atoms with Crippen LogP contribution in [-0.4, -0.2) is 44.7 Å². The van der Waals surface area contributed by atoms with Crippen LogP contribution in [0.15, 0.2) is 24.3 Å². The first-order valence-corrected chi connectivity index (χ1v) is 6.97. The molecule has 8 heteroatoms. The lowest BCUT2D eigenvalue weighted by Gasteiger charge is -2.19. The molecular formula is C14H19ClN3O4+. The highest BCUT2D eigenvalue weighted by Crippen LogP contribution is 2.12. The van der Waals surface area contributed by atoms with Crippen LogP contribution in [0, 0.1) is 0 Å². The first-order valence-electron chi connectivity index (χ1n) is 6.60. The van der Waals surface area contributed by atoms with E-state index in [1.54, 1.807) is 38.2 Å². The van der Waals surface area contributed by atoms with Crippen molar-refractivity contribution in [3.8, 4) is 0 Å². The molecule has 7 nitrogen and oxygen atoms in total. The average molecular weight is 329 g/mol. The van der Waals surface area contributed by atoms with Crippen molar-refractivity contribution in [1.29, 1.82) is 0 Å². The van der Waals surface area contributed by atoms with Crippen molar-refractivity contribution in [3.05, 3.63) is 29.3 Å². The zero-order valence-corrected chi connectivity index (χ0v) is 13.4.